The molecule has 1 aromatic rings. The number of fused-ring (bicyclic) bond motifs is 1. The number of nitrogens with one attached hydrogen (secondary N) is 1. The zero-order valence-corrected chi connectivity index (χ0v) is 10.7. The Morgan fingerprint density at radius 1 is 1.50 bits per heavy atom. The molecule has 1 fully saturated rings. The molecule has 1 N–H and O–H groups in total. The van der Waals surface area contributed by atoms with Crippen LogP contribution in [0.15, 0.2) is 0 Å². The Morgan fingerprint density at radius 3 is 3.11 bits per heavy atom. The Balaban J connectivity index is 1.55. The van der Waals surface area contributed by atoms with Gasteiger partial charge in [0.05, 0.1) is 13.1 Å². The first-order valence-corrected chi connectivity index (χ1v) is 6.62. The third-order valence-electron chi connectivity index (χ3n) is 3.61. The fourth-order valence-corrected chi connectivity index (χ4v) is 2.28. The molecule has 1 aliphatic carbocycles. The minimum atomic E-state index is 0.122. The van der Waals surface area contributed by atoms with Crippen molar-refractivity contribution < 1.29 is 4.79 Å². The number of carbonyl (C=O) groups excluding carboxylic acids is 1. The number of hydrogen-bond acceptors (Lipinski definition) is 4. The van der Waals surface area contributed by atoms with Crippen LogP contribution in [0.25, 0.3) is 0 Å². The summed E-state index contributed by atoms with van der Waals surface area (Å²) in [5.74, 6) is 2.09. The van der Waals surface area contributed by atoms with E-state index in [1.807, 2.05) is 7.05 Å². The van der Waals surface area contributed by atoms with E-state index in [-0.39, 0.29) is 5.91 Å². The highest BCUT2D eigenvalue weighted by Gasteiger charge is 2.23. The lowest BCUT2D eigenvalue weighted by molar-refractivity contribution is -0.129. The van der Waals surface area contributed by atoms with E-state index < -0.39 is 0 Å². The van der Waals surface area contributed by atoms with Crippen molar-refractivity contribution in [2.45, 2.75) is 44.8 Å². The summed E-state index contributed by atoms with van der Waals surface area (Å²) < 4.78 is 2.14. The monoisotopic (exact) mass is 249 g/mol. The third-order valence-corrected chi connectivity index (χ3v) is 3.61. The van der Waals surface area contributed by atoms with Crippen LogP contribution in [0.1, 0.15) is 30.9 Å². The van der Waals surface area contributed by atoms with Gasteiger partial charge in [-0.3, -0.25) is 4.79 Å². The molecular weight excluding hydrogens is 230 g/mol. The molecule has 98 valence electrons. The van der Waals surface area contributed by atoms with Gasteiger partial charge in [-0.25, -0.2) is 0 Å². The van der Waals surface area contributed by atoms with Crippen molar-refractivity contribution in [1.82, 2.24) is 25.0 Å². The molecule has 1 saturated carbocycles. The molecule has 1 amide bonds. The summed E-state index contributed by atoms with van der Waals surface area (Å²) in [5, 5.41) is 11.6. The van der Waals surface area contributed by atoms with Crippen LogP contribution in [-0.4, -0.2) is 45.2 Å². The van der Waals surface area contributed by atoms with Gasteiger partial charge in [0, 0.05) is 26.1 Å². The van der Waals surface area contributed by atoms with E-state index in [0.717, 1.165) is 31.0 Å². The molecule has 2 aliphatic rings. The molecule has 0 aromatic carbocycles. The van der Waals surface area contributed by atoms with Crippen molar-refractivity contribution in [2.24, 2.45) is 0 Å². The average molecular weight is 249 g/mol. The Labute approximate surface area is 106 Å². The van der Waals surface area contributed by atoms with Crippen LogP contribution in [-0.2, 0) is 24.3 Å². The van der Waals surface area contributed by atoms with Crippen molar-refractivity contribution in [1.29, 1.82) is 0 Å². The second-order valence-corrected chi connectivity index (χ2v) is 5.19. The van der Waals surface area contributed by atoms with Crippen molar-refractivity contribution in [2.75, 3.05) is 13.6 Å². The van der Waals surface area contributed by atoms with Crippen molar-refractivity contribution >= 4 is 5.91 Å². The van der Waals surface area contributed by atoms with Gasteiger partial charge in [-0.1, -0.05) is 0 Å². The van der Waals surface area contributed by atoms with Crippen LogP contribution in [0.5, 0.6) is 0 Å². The lowest BCUT2D eigenvalue weighted by Gasteiger charge is -2.17. The topological polar surface area (TPSA) is 63.1 Å². The van der Waals surface area contributed by atoms with Gasteiger partial charge in [-0.15, -0.1) is 10.2 Å². The standard InChI is InChI=1S/C12H19N5O/c1-16(12(18)7-13-9-4-5-9)8-11-15-14-10-3-2-6-17(10)11/h9,13H,2-8H2,1H3. The van der Waals surface area contributed by atoms with Gasteiger partial charge in [0.15, 0.2) is 5.82 Å². The first-order valence-electron chi connectivity index (χ1n) is 6.62. The first kappa shape index (κ1) is 11.6. The predicted molar refractivity (Wildman–Crippen MR) is 65.8 cm³/mol. The fraction of sp³-hybridized carbons (Fsp3) is 0.750. The van der Waals surface area contributed by atoms with Gasteiger partial charge in [0.25, 0.3) is 0 Å². The molecule has 2 heterocycles. The maximum atomic E-state index is 11.9. The Hall–Kier alpha value is -1.43. The second-order valence-electron chi connectivity index (χ2n) is 5.19. The molecule has 1 aliphatic heterocycles. The summed E-state index contributed by atoms with van der Waals surface area (Å²) in [6.45, 7) is 1.97. The van der Waals surface area contributed by atoms with E-state index in [1.54, 1.807) is 4.90 Å². The van der Waals surface area contributed by atoms with E-state index in [1.165, 1.54) is 12.8 Å². The lowest BCUT2D eigenvalue weighted by atomic mass is 10.4. The van der Waals surface area contributed by atoms with Crippen LogP contribution in [0.3, 0.4) is 0 Å². The number of amides is 1. The smallest absolute Gasteiger partial charge is 0.236 e. The maximum absolute atomic E-state index is 11.9. The third kappa shape index (κ3) is 2.38. The van der Waals surface area contributed by atoms with Crippen LogP contribution < -0.4 is 5.32 Å². The molecule has 3 rings (SSSR count). The van der Waals surface area contributed by atoms with Crippen LogP contribution in [0, 0.1) is 0 Å². The number of likely N-dealkylation sites (N-methyl/N-ethyl adjacent to an activating group) is 1. The van der Waals surface area contributed by atoms with Crippen molar-refractivity contribution in [3.05, 3.63) is 11.6 Å². The molecule has 0 unspecified atom stereocenters. The van der Waals surface area contributed by atoms with E-state index in [9.17, 15) is 4.79 Å². The van der Waals surface area contributed by atoms with Crippen LogP contribution >= 0.6 is 0 Å². The largest absolute Gasteiger partial charge is 0.337 e. The number of carbonyl (C=O) groups is 1. The van der Waals surface area contributed by atoms with E-state index >= 15 is 0 Å². The molecule has 0 atom stereocenters. The number of nitrogens with zero attached hydrogens (tertiary/aromatic N) is 4. The lowest BCUT2D eigenvalue weighted by Crippen LogP contribution is -2.36. The average Bonchev–Trinajstić information content (AvgIpc) is 2.94. The van der Waals surface area contributed by atoms with Gasteiger partial charge in [-0.2, -0.15) is 0 Å². The quantitative estimate of drug-likeness (QED) is 0.794. The number of aromatic nitrogens is 3. The normalized spacial score (nSPS) is 17.8. The highest BCUT2D eigenvalue weighted by molar-refractivity contribution is 5.77. The van der Waals surface area contributed by atoms with E-state index in [4.69, 9.17) is 0 Å². The summed E-state index contributed by atoms with van der Waals surface area (Å²) >= 11 is 0. The molecule has 18 heavy (non-hydrogen) atoms. The Bertz CT molecular complexity index is 451. The first-order chi connectivity index (χ1) is 8.74. The van der Waals surface area contributed by atoms with Gasteiger partial charge in [0.2, 0.25) is 5.91 Å². The Kier molecular flexibility index (Phi) is 3.03. The minimum Gasteiger partial charge on any atom is -0.337 e. The van der Waals surface area contributed by atoms with E-state index in [2.05, 4.69) is 20.1 Å². The maximum Gasteiger partial charge on any atom is 0.236 e. The SMILES string of the molecule is CN(Cc1nnc2n1CCC2)C(=O)CNC1CC1. The van der Waals surface area contributed by atoms with Crippen LogP contribution in [0.2, 0.25) is 0 Å². The van der Waals surface area contributed by atoms with Crippen molar-refractivity contribution in [3.8, 4) is 0 Å². The minimum absolute atomic E-state index is 0.122. The Morgan fingerprint density at radius 2 is 2.33 bits per heavy atom. The van der Waals surface area contributed by atoms with Crippen molar-refractivity contribution in [3.63, 3.8) is 0 Å². The number of hydrogen-bond donors (Lipinski definition) is 1. The number of aryl methyl sites for hydroxylation is 1. The van der Waals surface area contributed by atoms with Gasteiger partial charge in [0.1, 0.15) is 5.82 Å². The molecule has 6 nitrogen and oxygen atoms in total. The molecule has 0 bridgehead atoms. The summed E-state index contributed by atoms with van der Waals surface area (Å²) in [6.07, 6.45) is 4.55. The van der Waals surface area contributed by atoms with Gasteiger partial charge < -0.3 is 14.8 Å². The highest BCUT2D eigenvalue weighted by Crippen LogP contribution is 2.18. The molecular formula is C12H19N5O. The summed E-state index contributed by atoms with van der Waals surface area (Å²) in [5.41, 5.74) is 0. The summed E-state index contributed by atoms with van der Waals surface area (Å²) in [6, 6.07) is 0.569. The molecule has 0 radical (unpaired) electrons. The molecule has 0 saturated heterocycles. The summed E-state index contributed by atoms with van der Waals surface area (Å²) in [4.78, 5) is 13.6. The zero-order valence-electron chi connectivity index (χ0n) is 10.7. The fourth-order valence-electron chi connectivity index (χ4n) is 2.28. The highest BCUT2D eigenvalue weighted by atomic mass is 16.2. The molecule has 1 aromatic heterocycles. The summed E-state index contributed by atoms with van der Waals surface area (Å²) in [7, 11) is 1.83. The predicted octanol–water partition coefficient (Wildman–Crippen LogP) is -0.0653. The zero-order chi connectivity index (χ0) is 12.5. The van der Waals surface area contributed by atoms with Gasteiger partial charge in [-0.05, 0) is 19.3 Å². The second kappa shape index (κ2) is 4.68. The van der Waals surface area contributed by atoms with E-state index in [0.29, 0.717) is 19.1 Å². The molecule has 6 heteroatoms. The molecule has 0 spiro atoms. The van der Waals surface area contributed by atoms with Crippen LogP contribution in [0.4, 0.5) is 0 Å². The number of rotatable bonds is 5. The van der Waals surface area contributed by atoms with Gasteiger partial charge >= 0.3 is 0 Å².